The molecule has 0 unspecified atom stereocenters. The quantitative estimate of drug-likeness (QED) is 0.637. The van der Waals surface area contributed by atoms with E-state index in [0.29, 0.717) is 0 Å². The van der Waals surface area contributed by atoms with E-state index < -0.39 is 5.97 Å². The van der Waals surface area contributed by atoms with Gasteiger partial charge < -0.3 is 4.74 Å². The fraction of sp³-hybridized carbons (Fsp3) is 0.125. The van der Waals surface area contributed by atoms with Crippen LogP contribution in [0.25, 0.3) is 0 Å². The summed E-state index contributed by atoms with van der Waals surface area (Å²) >= 11 is 5.65. The average molecular weight is 197 g/mol. The van der Waals surface area contributed by atoms with Crippen LogP contribution in [0.4, 0.5) is 0 Å². The van der Waals surface area contributed by atoms with Crippen molar-refractivity contribution in [3.63, 3.8) is 0 Å². The molecule has 0 aliphatic rings. The number of carbonyl (C=O) groups is 1. The molecule has 0 radical (unpaired) electrons. The zero-order valence-corrected chi connectivity index (χ0v) is 7.50. The Labute approximate surface area is 79.7 Å². The van der Waals surface area contributed by atoms with Crippen LogP contribution in [0.3, 0.4) is 0 Å². The molecular weight excluding hydrogens is 192 g/mol. The standard InChI is InChI=1S/C8H5ClN2O2/c1-13-8(12)6-2-5(3-10)11-4-7(6)9/h2,4H,1H3. The summed E-state index contributed by atoms with van der Waals surface area (Å²) in [4.78, 5) is 14.7. The lowest BCUT2D eigenvalue weighted by Gasteiger charge is -2.00. The van der Waals surface area contributed by atoms with Gasteiger partial charge in [0, 0.05) is 6.20 Å². The highest BCUT2D eigenvalue weighted by Gasteiger charge is 2.11. The Morgan fingerprint density at radius 2 is 2.46 bits per heavy atom. The minimum absolute atomic E-state index is 0.129. The lowest BCUT2D eigenvalue weighted by atomic mass is 10.2. The summed E-state index contributed by atoms with van der Waals surface area (Å²) in [5.74, 6) is -0.580. The number of pyridine rings is 1. The largest absolute Gasteiger partial charge is 0.465 e. The van der Waals surface area contributed by atoms with Crippen molar-refractivity contribution in [2.24, 2.45) is 0 Å². The van der Waals surface area contributed by atoms with Crippen LogP contribution in [-0.2, 0) is 4.74 Å². The van der Waals surface area contributed by atoms with Gasteiger partial charge in [0.05, 0.1) is 17.7 Å². The highest BCUT2D eigenvalue weighted by Crippen LogP contribution is 2.15. The number of methoxy groups -OCH3 is 1. The van der Waals surface area contributed by atoms with Crippen molar-refractivity contribution in [2.75, 3.05) is 7.11 Å². The molecule has 0 aliphatic heterocycles. The zero-order valence-electron chi connectivity index (χ0n) is 6.74. The van der Waals surface area contributed by atoms with Crippen molar-refractivity contribution in [3.05, 3.63) is 28.5 Å². The molecule has 0 spiro atoms. The molecule has 4 nitrogen and oxygen atoms in total. The monoisotopic (exact) mass is 196 g/mol. The summed E-state index contributed by atoms with van der Waals surface area (Å²) in [6.07, 6.45) is 1.24. The van der Waals surface area contributed by atoms with E-state index >= 15 is 0 Å². The first-order valence-electron chi connectivity index (χ1n) is 3.33. The second-order valence-corrected chi connectivity index (χ2v) is 2.56. The van der Waals surface area contributed by atoms with Crippen molar-refractivity contribution < 1.29 is 9.53 Å². The van der Waals surface area contributed by atoms with Crippen molar-refractivity contribution in [1.82, 2.24) is 4.98 Å². The van der Waals surface area contributed by atoms with Crippen LogP contribution < -0.4 is 0 Å². The number of rotatable bonds is 1. The van der Waals surface area contributed by atoms with E-state index in [1.165, 1.54) is 19.4 Å². The number of aromatic nitrogens is 1. The first-order chi connectivity index (χ1) is 6.19. The topological polar surface area (TPSA) is 63.0 Å². The zero-order chi connectivity index (χ0) is 9.84. The Balaban J connectivity index is 3.20. The second-order valence-electron chi connectivity index (χ2n) is 2.15. The van der Waals surface area contributed by atoms with Crippen LogP contribution in [-0.4, -0.2) is 18.1 Å². The highest BCUT2D eigenvalue weighted by atomic mass is 35.5. The van der Waals surface area contributed by atoms with Crippen molar-refractivity contribution in [1.29, 1.82) is 5.26 Å². The van der Waals surface area contributed by atoms with Gasteiger partial charge in [-0.25, -0.2) is 9.78 Å². The van der Waals surface area contributed by atoms with Gasteiger partial charge in [0.1, 0.15) is 11.8 Å². The predicted octanol–water partition coefficient (Wildman–Crippen LogP) is 1.39. The van der Waals surface area contributed by atoms with Gasteiger partial charge in [0.2, 0.25) is 0 Å². The second kappa shape index (κ2) is 3.87. The Bertz CT molecular complexity index is 384. The van der Waals surface area contributed by atoms with Crippen LogP contribution in [0, 0.1) is 11.3 Å². The Kier molecular flexibility index (Phi) is 2.83. The number of esters is 1. The third kappa shape index (κ3) is 1.95. The van der Waals surface area contributed by atoms with Gasteiger partial charge in [-0.15, -0.1) is 0 Å². The molecule has 0 amide bonds. The summed E-state index contributed by atoms with van der Waals surface area (Å²) in [5, 5.41) is 8.67. The minimum Gasteiger partial charge on any atom is -0.465 e. The number of halogens is 1. The van der Waals surface area contributed by atoms with Gasteiger partial charge >= 0.3 is 5.97 Å². The number of hydrogen-bond donors (Lipinski definition) is 0. The van der Waals surface area contributed by atoms with Crippen LogP contribution in [0.15, 0.2) is 12.3 Å². The fourth-order valence-corrected chi connectivity index (χ4v) is 0.947. The Morgan fingerprint density at radius 3 is 3.00 bits per heavy atom. The molecule has 0 fully saturated rings. The number of ether oxygens (including phenoxy) is 1. The van der Waals surface area contributed by atoms with E-state index in [2.05, 4.69) is 9.72 Å². The SMILES string of the molecule is COC(=O)c1cc(C#N)ncc1Cl. The molecule has 0 saturated carbocycles. The van der Waals surface area contributed by atoms with Gasteiger partial charge in [-0.3, -0.25) is 0 Å². The molecule has 1 aromatic rings. The smallest absolute Gasteiger partial charge is 0.339 e. The van der Waals surface area contributed by atoms with Crippen molar-refractivity contribution >= 4 is 17.6 Å². The molecule has 0 aliphatic carbocycles. The van der Waals surface area contributed by atoms with E-state index in [4.69, 9.17) is 16.9 Å². The van der Waals surface area contributed by atoms with Gasteiger partial charge in [0.25, 0.3) is 0 Å². The average Bonchev–Trinajstić information content (AvgIpc) is 2.17. The van der Waals surface area contributed by atoms with Crippen LogP contribution in [0.5, 0.6) is 0 Å². The summed E-state index contributed by atoms with van der Waals surface area (Å²) < 4.78 is 4.46. The lowest BCUT2D eigenvalue weighted by Crippen LogP contribution is -2.03. The number of carbonyl (C=O) groups excluding carboxylic acids is 1. The van der Waals surface area contributed by atoms with E-state index in [0.717, 1.165) is 0 Å². The van der Waals surface area contributed by atoms with E-state index in [1.54, 1.807) is 6.07 Å². The van der Waals surface area contributed by atoms with Crippen molar-refractivity contribution in [3.8, 4) is 6.07 Å². The molecule has 1 aromatic heterocycles. The van der Waals surface area contributed by atoms with Crippen LogP contribution in [0.1, 0.15) is 16.1 Å². The third-order valence-corrected chi connectivity index (χ3v) is 1.68. The normalized spacial score (nSPS) is 9.00. The molecule has 5 heteroatoms. The molecule has 0 N–H and O–H groups in total. The molecule has 1 rings (SSSR count). The minimum atomic E-state index is -0.580. The van der Waals surface area contributed by atoms with Gasteiger partial charge in [-0.1, -0.05) is 11.6 Å². The first-order valence-corrected chi connectivity index (χ1v) is 3.70. The molecule has 0 bridgehead atoms. The Hall–Kier alpha value is -1.60. The number of nitriles is 1. The molecule has 0 saturated heterocycles. The summed E-state index contributed by atoms with van der Waals surface area (Å²) in [7, 11) is 1.24. The molecule has 66 valence electrons. The molecule has 1 heterocycles. The molecule has 13 heavy (non-hydrogen) atoms. The summed E-state index contributed by atoms with van der Waals surface area (Å²) in [5.41, 5.74) is 0.278. The first kappa shape index (κ1) is 9.49. The molecular formula is C8H5ClN2O2. The summed E-state index contributed by atoms with van der Waals surface area (Å²) in [6.45, 7) is 0. The predicted molar refractivity (Wildman–Crippen MR) is 45.3 cm³/mol. The van der Waals surface area contributed by atoms with E-state index in [1.807, 2.05) is 0 Å². The van der Waals surface area contributed by atoms with Crippen LogP contribution >= 0.6 is 11.6 Å². The van der Waals surface area contributed by atoms with Gasteiger partial charge in [0.15, 0.2) is 0 Å². The fourth-order valence-electron chi connectivity index (χ4n) is 0.766. The number of hydrogen-bond acceptors (Lipinski definition) is 4. The maximum absolute atomic E-state index is 11.1. The van der Waals surface area contributed by atoms with Gasteiger partial charge in [-0.2, -0.15) is 5.26 Å². The van der Waals surface area contributed by atoms with Crippen molar-refractivity contribution in [2.45, 2.75) is 0 Å². The Morgan fingerprint density at radius 1 is 1.77 bits per heavy atom. The number of nitrogens with zero attached hydrogens (tertiary/aromatic N) is 2. The molecule has 0 atom stereocenters. The third-order valence-electron chi connectivity index (χ3n) is 1.38. The molecule has 0 aromatic carbocycles. The van der Waals surface area contributed by atoms with Crippen LogP contribution in [0.2, 0.25) is 5.02 Å². The van der Waals surface area contributed by atoms with E-state index in [9.17, 15) is 4.79 Å². The summed E-state index contributed by atoms with van der Waals surface area (Å²) in [6, 6.07) is 3.08. The van der Waals surface area contributed by atoms with E-state index in [-0.39, 0.29) is 16.3 Å². The maximum Gasteiger partial charge on any atom is 0.339 e. The van der Waals surface area contributed by atoms with Gasteiger partial charge in [-0.05, 0) is 6.07 Å². The highest BCUT2D eigenvalue weighted by molar-refractivity contribution is 6.33. The lowest BCUT2D eigenvalue weighted by molar-refractivity contribution is 0.0601. The maximum atomic E-state index is 11.1.